The lowest BCUT2D eigenvalue weighted by atomic mass is 10.0. The Morgan fingerprint density at radius 3 is 2.88 bits per heavy atom. The fourth-order valence-electron chi connectivity index (χ4n) is 2.12. The molecule has 0 aromatic carbocycles. The number of nitrogens with zero attached hydrogens (tertiary/aromatic N) is 3. The Labute approximate surface area is 96.9 Å². The van der Waals surface area contributed by atoms with Crippen LogP contribution in [0.3, 0.4) is 0 Å². The van der Waals surface area contributed by atoms with Gasteiger partial charge in [0.25, 0.3) is 0 Å². The smallest absolute Gasteiger partial charge is 0.151 e. The number of hydrogen-bond donors (Lipinski definition) is 1. The first-order chi connectivity index (χ1) is 7.79. The molecule has 0 bridgehead atoms. The molecule has 1 aromatic heterocycles. The first-order valence-corrected chi connectivity index (χ1v) is 6.07. The highest BCUT2D eigenvalue weighted by atomic mass is 15.3. The molecule has 2 heterocycles. The van der Waals surface area contributed by atoms with Crippen LogP contribution in [-0.2, 0) is 6.54 Å². The molecule has 1 aliphatic rings. The molecule has 1 unspecified atom stereocenters. The summed E-state index contributed by atoms with van der Waals surface area (Å²) >= 11 is 0. The van der Waals surface area contributed by atoms with Gasteiger partial charge in [0.1, 0.15) is 0 Å². The summed E-state index contributed by atoms with van der Waals surface area (Å²) in [7, 11) is 0. The van der Waals surface area contributed by atoms with Crippen LogP contribution in [-0.4, -0.2) is 23.3 Å². The van der Waals surface area contributed by atoms with Gasteiger partial charge in [-0.05, 0) is 37.3 Å². The zero-order valence-electron chi connectivity index (χ0n) is 9.89. The number of rotatable bonds is 2. The van der Waals surface area contributed by atoms with Crippen molar-refractivity contribution in [2.24, 2.45) is 11.7 Å². The van der Waals surface area contributed by atoms with Crippen molar-refractivity contribution in [3.8, 4) is 0 Å². The van der Waals surface area contributed by atoms with Crippen molar-refractivity contribution in [2.75, 3.05) is 18.0 Å². The van der Waals surface area contributed by atoms with Gasteiger partial charge in [-0.3, -0.25) is 0 Å². The van der Waals surface area contributed by atoms with E-state index in [9.17, 15) is 0 Å². The Bertz CT molecular complexity index is 322. The highest BCUT2D eigenvalue weighted by Crippen LogP contribution is 2.20. The van der Waals surface area contributed by atoms with E-state index >= 15 is 0 Å². The summed E-state index contributed by atoms with van der Waals surface area (Å²) in [6.45, 7) is 4.98. The maximum atomic E-state index is 5.51. The third-order valence-electron chi connectivity index (χ3n) is 3.26. The van der Waals surface area contributed by atoms with Crippen LogP contribution in [0.15, 0.2) is 12.1 Å². The molecule has 1 fully saturated rings. The predicted molar refractivity (Wildman–Crippen MR) is 65.2 cm³/mol. The Hall–Kier alpha value is -1.16. The third kappa shape index (κ3) is 2.70. The van der Waals surface area contributed by atoms with E-state index < -0.39 is 0 Å². The topological polar surface area (TPSA) is 55.0 Å². The van der Waals surface area contributed by atoms with Gasteiger partial charge in [0.05, 0.1) is 5.69 Å². The summed E-state index contributed by atoms with van der Waals surface area (Å²) in [6.07, 6.45) is 3.83. The number of hydrogen-bond acceptors (Lipinski definition) is 4. The Kier molecular flexibility index (Phi) is 3.72. The van der Waals surface area contributed by atoms with Crippen molar-refractivity contribution in [1.82, 2.24) is 10.2 Å². The number of anilines is 1. The molecule has 2 rings (SSSR count). The van der Waals surface area contributed by atoms with E-state index in [-0.39, 0.29) is 0 Å². The average molecular weight is 220 g/mol. The molecule has 1 atom stereocenters. The molecule has 0 spiro atoms. The van der Waals surface area contributed by atoms with Gasteiger partial charge in [0.15, 0.2) is 5.82 Å². The molecule has 2 N–H and O–H groups in total. The lowest BCUT2D eigenvalue weighted by Gasteiger charge is -2.20. The van der Waals surface area contributed by atoms with Crippen molar-refractivity contribution in [1.29, 1.82) is 0 Å². The molecule has 0 amide bonds. The maximum Gasteiger partial charge on any atom is 0.151 e. The van der Waals surface area contributed by atoms with E-state index in [0.29, 0.717) is 6.54 Å². The molecule has 1 saturated heterocycles. The van der Waals surface area contributed by atoms with Crippen LogP contribution in [0.5, 0.6) is 0 Å². The Morgan fingerprint density at radius 2 is 2.19 bits per heavy atom. The summed E-state index contributed by atoms with van der Waals surface area (Å²) in [6, 6.07) is 4.00. The fraction of sp³-hybridized carbons (Fsp3) is 0.667. The molecule has 0 radical (unpaired) electrons. The molecule has 88 valence electrons. The van der Waals surface area contributed by atoms with Crippen LogP contribution in [0.2, 0.25) is 0 Å². The molecule has 4 heteroatoms. The zero-order valence-corrected chi connectivity index (χ0v) is 9.89. The van der Waals surface area contributed by atoms with Crippen LogP contribution < -0.4 is 10.6 Å². The van der Waals surface area contributed by atoms with Gasteiger partial charge in [-0.15, -0.1) is 5.10 Å². The molecular weight excluding hydrogens is 200 g/mol. The first-order valence-electron chi connectivity index (χ1n) is 6.07. The summed E-state index contributed by atoms with van der Waals surface area (Å²) in [4.78, 5) is 2.33. The monoisotopic (exact) mass is 220 g/mol. The van der Waals surface area contributed by atoms with Crippen LogP contribution in [0, 0.1) is 5.92 Å². The minimum Gasteiger partial charge on any atom is -0.355 e. The normalized spacial score (nSPS) is 21.9. The van der Waals surface area contributed by atoms with Gasteiger partial charge in [0.2, 0.25) is 0 Å². The number of aromatic nitrogens is 2. The van der Waals surface area contributed by atoms with Crippen molar-refractivity contribution < 1.29 is 0 Å². The van der Waals surface area contributed by atoms with Gasteiger partial charge in [-0.25, -0.2) is 0 Å². The van der Waals surface area contributed by atoms with Crippen LogP contribution in [0.1, 0.15) is 31.9 Å². The van der Waals surface area contributed by atoms with Gasteiger partial charge < -0.3 is 10.6 Å². The summed E-state index contributed by atoms with van der Waals surface area (Å²) in [5, 5.41) is 8.34. The third-order valence-corrected chi connectivity index (χ3v) is 3.26. The highest BCUT2D eigenvalue weighted by molar-refractivity contribution is 5.37. The average Bonchev–Trinajstić information content (AvgIpc) is 2.54. The minimum absolute atomic E-state index is 0.463. The summed E-state index contributed by atoms with van der Waals surface area (Å²) in [5.41, 5.74) is 6.36. The quantitative estimate of drug-likeness (QED) is 0.822. The van der Waals surface area contributed by atoms with Crippen molar-refractivity contribution in [2.45, 2.75) is 32.7 Å². The second kappa shape index (κ2) is 5.25. The Balaban J connectivity index is 2.04. The van der Waals surface area contributed by atoms with Gasteiger partial charge >= 0.3 is 0 Å². The van der Waals surface area contributed by atoms with Gasteiger partial charge in [-0.2, -0.15) is 5.10 Å². The second-order valence-electron chi connectivity index (χ2n) is 4.61. The van der Waals surface area contributed by atoms with Crippen molar-refractivity contribution in [3.05, 3.63) is 17.8 Å². The van der Waals surface area contributed by atoms with Gasteiger partial charge in [-0.1, -0.05) is 6.92 Å². The maximum absolute atomic E-state index is 5.51. The Morgan fingerprint density at radius 1 is 1.31 bits per heavy atom. The van der Waals surface area contributed by atoms with Gasteiger partial charge in [0, 0.05) is 19.6 Å². The standard InChI is InChI=1S/C12H20N4/c1-10-3-2-7-16(8-6-10)12-5-4-11(9-13)14-15-12/h4-5,10H,2-3,6-9,13H2,1H3. The van der Waals surface area contributed by atoms with Crippen LogP contribution in [0.4, 0.5) is 5.82 Å². The minimum atomic E-state index is 0.463. The number of nitrogens with two attached hydrogens (primary N) is 1. The fourth-order valence-corrected chi connectivity index (χ4v) is 2.12. The van der Waals surface area contributed by atoms with E-state index in [1.54, 1.807) is 0 Å². The van der Waals surface area contributed by atoms with E-state index in [1.807, 2.05) is 12.1 Å². The summed E-state index contributed by atoms with van der Waals surface area (Å²) in [5.74, 6) is 1.83. The molecule has 0 saturated carbocycles. The summed E-state index contributed by atoms with van der Waals surface area (Å²) < 4.78 is 0. The van der Waals surface area contributed by atoms with Crippen molar-refractivity contribution in [3.63, 3.8) is 0 Å². The second-order valence-corrected chi connectivity index (χ2v) is 4.61. The van der Waals surface area contributed by atoms with Crippen molar-refractivity contribution >= 4 is 5.82 Å². The van der Waals surface area contributed by atoms with Crippen LogP contribution >= 0.6 is 0 Å². The lowest BCUT2D eigenvalue weighted by Crippen LogP contribution is -2.25. The van der Waals surface area contributed by atoms with E-state index in [0.717, 1.165) is 30.5 Å². The largest absolute Gasteiger partial charge is 0.355 e. The van der Waals surface area contributed by atoms with E-state index in [1.165, 1.54) is 19.3 Å². The lowest BCUT2D eigenvalue weighted by molar-refractivity contribution is 0.521. The molecule has 16 heavy (non-hydrogen) atoms. The van der Waals surface area contributed by atoms with Crippen LogP contribution in [0.25, 0.3) is 0 Å². The highest BCUT2D eigenvalue weighted by Gasteiger charge is 2.15. The first kappa shape index (κ1) is 11.3. The van der Waals surface area contributed by atoms with E-state index in [4.69, 9.17) is 5.73 Å². The molecule has 1 aromatic rings. The predicted octanol–water partition coefficient (Wildman–Crippen LogP) is 1.56. The zero-order chi connectivity index (χ0) is 11.4. The molecule has 1 aliphatic heterocycles. The molecule has 4 nitrogen and oxygen atoms in total. The molecule has 0 aliphatic carbocycles. The van der Waals surface area contributed by atoms with E-state index in [2.05, 4.69) is 22.0 Å². The SMILES string of the molecule is CC1CCCN(c2ccc(CN)nn2)CC1. The molecular formula is C12H20N4.